The fraction of sp³-hybridized carbons (Fsp3) is 0.857. The molecule has 0 saturated carbocycles. The molecule has 0 aromatic heterocycles. The molecule has 0 aliphatic carbocycles. The molecular weight excluding hydrogens is 912 g/mol. The molecule has 0 aromatic rings. The summed E-state index contributed by atoms with van der Waals surface area (Å²) in [5, 5.41) is 13.8. The van der Waals surface area contributed by atoms with E-state index < -0.39 is 26.6 Å². The van der Waals surface area contributed by atoms with Gasteiger partial charge in [0.15, 0.2) is 0 Å². The predicted molar refractivity (Wildman–Crippen MR) is 311 cm³/mol. The van der Waals surface area contributed by atoms with E-state index in [1.54, 1.807) is 6.08 Å². The number of aliphatic hydroxyl groups is 1. The fourth-order valence-electron chi connectivity index (χ4n) is 9.12. The number of allylic oxidation sites excluding steroid dienone is 7. The monoisotopic (exact) mass is 1030 g/mol. The molecule has 72 heavy (non-hydrogen) atoms. The van der Waals surface area contributed by atoms with Crippen LogP contribution >= 0.6 is 7.82 Å². The Morgan fingerprint density at radius 3 is 1.12 bits per heavy atom. The average Bonchev–Trinajstić information content (AvgIpc) is 3.34. The Morgan fingerprint density at radius 1 is 0.472 bits per heavy atom. The highest BCUT2D eigenvalue weighted by Crippen LogP contribution is 2.38. The highest BCUT2D eigenvalue weighted by Gasteiger charge is 2.23. The molecule has 2 N–H and O–H groups in total. The third kappa shape index (κ3) is 56.2. The molecular formula is C63H121N2O6P. The Morgan fingerprint density at radius 2 is 0.778 bits per heavy atom. The van der Waals surface area contributed by atoms with Gasteiger partial charge in [-0.1, -0.05) is 268 Å². The van der Waals surface area contributed by atoms with Gasteiger partial charge in [0.25, 0.3) is 7.82 Å². The highest BCUT2D eigenvalue weighted by molar-refractivity contribution is 7.45. The minimum atomic E-state index is -4.61. The van der Waals surface area contributed by atoms with E-state index in [9.17, 15) is 19.4 Å². The van der Waals surface area contributed by atoms with Gasteiger partial charge >= 0.3 is 0 Å². The third-order valence-corrected chi connectivity index (χ3v) is 15.0. The van der Waals surface area contributed by atoms with Gasteiger partial charge < -0.3 is 28.8 Å². The van der Waals surface area contributed by atoms with E-state index in [0.717, 1.165) is 44.9 Å². The molecule has 424 valence electrons. The number of hydrogen-bond donors (Lipinski definition) is 2. The largest absolute Gasteiger partial charge is 0.756 e. The van der Waals surface area contributed by atoms with Crippen LogP contribution in [0.15, 0.2) is 48.6 Å². The summed E-state index contributed by atoms with van der Waals surface area (Å²) in [5.41, 5.74) is 0. The maximum Gasteiger partial charge on any atom is 0.268 e. The first-order valence-corrected chi connectivity index (χ1v) is 32.5. The molecule has 0 heterocycles. The van der Waals surface area contributed by atoms with Crippen LogP contribution in [-0.4, -0.2) is 68.5 Å². The summed E-state index contributed by atoms with van der Waals surface area (Å²) < 4.78 is 23.3. The molecule has 8 nitrogen and oxygen atoms in total. The number of rotatable bonds is 57. The second-order valence-electron chi connectivity index (χ2n) is 22.4. The Bertz CT molecular complexity index is 1310. The lowest BCUT2D eigenvalue weighted by Gasteiger charge is -2.29. The standard InChI is InChI=1S/C63H121N2O6P/c1-6-8-10-12-14-16-18-20-22-23-24-25-26-27-28-29-30-31-32-33-34-35-36-37-38-39-40-41-43-45-47-49-51-53-55-57-63(67)64-61(60-71-72(68,69)70-59-58-65(3,4)5)62(66)56-54-52-50-48-46-44-42-21-19-17-15-13-11-9-7-2/h19,21,23-24,46,48,54,56,61-62,66H,6-18,20,22,25-45,47,49-53,55,57-60H2,1-5H3,(H-,64,67,68,69)/b21-19+,24-23-,48-46+,56-54+. The maximum atomic E-state index is 13.0. The molecule has 0 bridgehead atoms. The first kappa shape index (κ1) is 70.5. The second kappa shape index (κ2) is 54.3. The molecule has 3 unspecified atom stereocenters. The van der Waals surface area contributed by atoms with Crippen molar-refractivity contribution in [3.63, 3.8) is 0 Å². The predicted octanol–water partition coefficient (Wildman–Crippen LogP) is 18.5. The van der Waals surface area contributed by atoms with Crippen molar-refractivity contribution in [3.8, 4) is 0 Å². The minimum absolute atomic E-state index is 0.00834. The smallest absolute Gasteiger partial charge is 0.268 e. The Labute approximate surface area is 448 Å². The molecule has 9 heteroatoms. The lowest BCUT2D eigenvalue weighted by Crippen LogP contribution is -2.45. The van der Waals surface area contributed by atoms with Crippen LogP contribution in [0.2, 0.25) is 0 Å². The molecule has 3 atom stereocenters. The van der Waals surface area contributed by atoms with E-state index in [0.29, 0.717) is 17.4 Å². The van der Waals surface area contributed by atoms with Crippen LogP contribution in [0.4, 0.5) is 0 Å². The molecule has 0 radical (unpaired) electrons. The summed E-state index contributed by atoms with van der Waals surface area (Å²) in [6, 6.07) is -0.909. The topological polar surface area (TPSA) is 108 Å². The van der Waals surface area contributed by atoms with Gasteiger partial charge in [0.2, 0.25) is 5.91 Å². The van der Waals surface area contributed by atoms with Gasteiger partial charge in [0, 0.05) is 6.42 Å². The van der Waals surface area contributed by atoms with Crippen LogP contribution in [0.25, 0.3) is 0 Å². The summed E-state index contributed by atoms with van der Waals surface area (Å²) >= 11 is 0. The molecule has 1 amide bonds. The van der Waals surface area contributed by atoms with Crippen LogP contribution in [-0.2, 0) is 18.4 Å². The number of phosphoric acid groups is 1. The molecule has 0 aliphatic heterocycles. The third-order valence-electron chi connectivity index (χ3n) is 14.0. The Kier molecular flexibility index (Phi) is 53.1. The zero-order chi connectivity index (χ0) is 52.7. The number of unbranched alkanes of at least 4 members (excludes halogenated alkanes) is 38. The first-order valence-electron chi connectivity index (χ1n) is 31.0. The number of nitrogens with one attached hydrogen (secondary N) is 1. The van der Waals surface area contributed by atoms with Crippen LogP contribution in [0.3, 0.4) is 0 Å². The van der Waals surface area contributed by atoms with Gasteiger partial charge in [0.1, 0.15) is 13.2 Å². The number of carbonyl (C=O) groups is 1. The van der Waals surface area contributed by atoms with Crippen molar-refractivity contribution >= 4 is 13.7 Å². The van der Waals surface area contributed by atoms with Crippen molar-refractivity contribution < 1.29 is 32.9 Å². The Balaban J connectivity index is 3.99. The number of aliphatic hydroxyl groups excluding tert-OH is 1. The number of carbonyl (C=O) groups excluding carboxylic acids is 1. The molecule has 0 fully saturated rings. The number of nitrogens with zero attached hydrogens (tertiary/aromatic N) is 1. The lowest BCUT2D eigenvalue weighted by molar-refractivity contribution is -0.870. The quantitative estimate of drug-likeness (QED) is 0.0272. The summed E-state index contributed by atoms with van der Waals surface area (Å²) in [6.45, 7) is 4.63. The number of hydrogen-bond acceptors (Lipinski definition) is 6. The van der Waals surface area contributed by atoms with E-state index in [4.69, 9.17) is 9.05 Å². The van der Waals surface area contributed by atoms with Crippen molar-refractivity contribution in [2.24, 2.45) is 0 Å². The highest BCUT2D eigenvalue weighted by atomic mass is 31.2. The van der Waals surface area contributed by atoms with Crippen molar-refractivity contribution in [1.29, 1.82) is 0 Å². The average molecular weight is 1030 g/mol. The van der Waals surface area contributed by atoms with E-state index in [2.05, 4.69) is 55.6 Å². The molecule has 0 spiro atoms. The normalized spacial score (nSPS) is 14.2. The Hall–Kier alpha value is -1.54. The zero-order valence-electron chi connectivity index (χ0n) is 48.4. The molecule has 0 rings (SSSR count). The van der Waals surface area contributed by atoms with Crippen LogP contribution in [0.1, 0.15) is 296 Å². The number of amides is 1. The van der Waals surface area contributed by atoms with Gasteiger partial charge in [0.05, 0.1) is 39.9 Å². The van der Waals surface area contributed by atoms with Crippen LogP contribution < -0.4 is 10.2 Å². The molecule has 0 aliphatic rings. The van der Waals surface area contributed by atoms with E-state index in [1.807, 2.05) is 27.2 Å². The SMILES string of the molecule is CCCCCCC/C=C/CC/C=C/CC/C=C/C(O)C(COP(=O)([O-])OCC[N+](C)(C)C)NC(=O)CCCCCCCCCCCCCCCCCCCCCCCCC/C=C\CCCCCCCCCC. The van der Waals surface area contributed by atoms with Gasteiger partial charge in [-0.25, -0.2) is 0 Å². The molecule has 0 saturated heterocycles. The second-order valence-corrected chi connectivity index (χ2v) is 23.8. The van der Waals surface area contributed by atoms with Crippen molar-refractivity contribution in [2.45, 2.75) is 309 Å². The van der Waals surface area contributed by atoms with Crippen LogP contribution in [0, 0.1) is 0 Å². The van der Waals surface area contributed by atoms with Gasteiger partial charge in [-0.2, -0.15) is 0 Å². The number of phosphoric ester groups is 1. The number of likely N-dealkylation sites (N-methyl/N-ethyl adjacent to an activating group) is 1. The van der Waals surface area contributed by atoms with Gasteiger partial charge in [-0.3, -0.25) is 9.36 Å². The molecule has 0 aromatic carbocycles. The minimum Gasteiger partial charge on any atom is -0.756 e. The van der Waals surface area contributed by atoms with E-state index in [-0.39, 0.29) is 12.5 Å². The lowest BCUT2D eigenvalue weighted by atomic mass is 10.0. The summed E-state index contributed by atoms with van der Waals surface area (Å²) in [4.78, 5) is 25.5. The van der Waals surface area contributed by atoms with Gasteiger partial charge in [-0.05, 0) is 70.6 Å². The fourth-order valence-corrected chi connectivity index (χ4v) is 9.85. The first-order chi connectivity index (χ1) is 35.0. The summed E-state index contributed by atoms with van der Waals surface area (Å²) in [5.74, 6) is -0.208. The zero-order valence-corrected chi connectivity index (χ0v) is 49.3. The summed E-state index contributed by atoms with van der Waals surface area (Å²) in [7, 11) is 1.24. The van der Waals surface area contributed by atoms with Crippen LogP contribution in [0.5, 0.6) is 0 Å². The number of quaternary nitrogens is 1. The van der Waals surface area contributed by atoms with Crippen molar-refractivity contribution in [1.82, 2.24) is 5.32 Å². The van der Waals surface area contributed by atoms with Crippen molar-refractivity contribution in [3.05, 3.63) is 48.6 Å². The van der Waals surface area contributed by atoms with E-state index >= 15 is 0 Å². The summed E-state index contributed by atoms with van der Waals surface area (Å²) in [6.07, 6.45) is 72.3. The maximum absolute atomic E-state index is 13.0. The van der Waals surface area contributed by atoms with Crippen molar-refractivity contribution in [2.75, 3.05) is 40.9 Å². The van der Waals surface area contributed by atoms with Gasteiger partial charge in [-0.15, -0.1) is 0 Å². The van der Waals surface area contributed by atoms with E-state index in [1.165, 1.54) is 231 Å².